The van der Waals surface area contributed by atoms with Crippen molar-refractivity contribution < 1.29 is 32.5 Å². The number of thiazole rings is 1. The molecule has 1 saturated heterocycles. The summed E-state index contributed by atoms with van der Waals surface area (Å²) in [4.78, 5) is 23.4. The minimum Gasteiger partial charge on any atom is -0.508 e. The molecular weight excluding hydrogens is 591 g/mol. The molecule has 1 N–H and O–H groups in total. The Morgan fingerprint density at radius 1 is 0.955 bits per heavy atom. The molecule has 232 valence electrons. The largest absolute Gasteiger partial charge is 0.508 e. The first-order valence-electron chi connectivity index (χ1n) is 14.2. The van der Waals surface area contributed by atoms with E-state index < -0.39 is 11.7 Å². The number of phenols is 1. The van der Waals surface area contributed by atoms with Crippen LogP contribution in [0.3, 0.4) is 0 Å². The second kappa shape index (κ2) is 13.3. The van der Waals surface area contributed by atoms with Crippen LogP contribution in [-0.4, -0.2) is 61.2 Å². The molecule has 0 unspecified atom stereocenters. The third-order valence-corrected chi connectivity index (χ3v) is 9.02. The summed E-state index contributed by atoms with van der Waals surface area (Å²) in [6.07, 6.45) is -3.71. The number of aryl methyl sites for hydroxylation is 2. The third-order valence-electron chi connectivity index (χ3n) is 7.81. The van der Waals surface area contributed by atoms with Gasteiger partial charge < -0.3 is 19.5 Å². The van der Waals surface area contributed by atoms with Gasteiger partial charge in [-0.15, -0.1) is 11.3 Å². The zero-order valence-corrected chi connectivity index (χ0v) is 25.6. The first kappa shape index (κ1) is 31.3. The maximum atomic E-state index is 13.1. The monoisotopic (exact) mass is 625 g/mol. The molecular formula is C33H34F3N3O4S. The lowest BCUT2D eigenvalue weighted by atomic mass is 10.0. The van der Waals surface area contributed by atoms with Crippen LogP contribution in [0.25, 0.3) is 10.6 Å². The van der Waals surface area contributed by atoms with Crippen LogP contribution < -0.4 is 14.4 Å². The number of ether oxygens (including phenoxy) is 2. The Kier molecular flexibility index (Phi) is 9.45. The number of ketones is 1. The summed E-state index contributed by atoms with van der Waals surface area (Å²) in [7, 11) is 3.22. The highest BCUT2D eigenvalue weighted by Gasteiger charge is 2.30. The molecule has 0 saturated carbocycles. The molecule has 1 fully saturated rings. The maximum Gasteiger partial charge on any atom is 0.416 e. The van der Waals surface area contributed by atoms with Crippen molar-refractivity contribution in [2.45, 2.75) is 32.5 Å². The van der Waals surface area contributed by atoms with Crippen LogP contribution in [0.4, 0.5) is 18.9 Å². The number of halogens is 3. The number of anilines is 1. The van der Waals surface area contributed by atoms with E-state index in [1.54, 1.807) is 33.3 Å². The topological polar surface area (TPSA) is 75.1 Å². The van der Waals surface area contributed by atoms with Gasteiger partial charge in [-0.25, -0.2) is 4.98 Å². The molecule has 0 spiro atoms. The van der Waals surface area contributed by atoms with Crippen molar-refractivity contribution in [3.63, 3.8) is 0 Å². The Labute approximate surface area is 258 Å². The summed E-state index contributed by atoms with van der Waals surface area (Å²) < 4.78 is 50.2. The molecule has 3 aromatic carbocycles. The number of benzene rings is 3. The highest BCUT2D eigenvalue weighted by molar-refractivity contribution is 7.15. The van der Waals surface area contributed by atoms with E-state index in [2.05, 4.69) is 9.80 Å². The third kappa shape index (κ3) is 7.16. The van der Waals surface area contributed by atoms with Gasteiger partial charge in [0.25, 0.3) is 0 Å². The predicted octanol–water partition coefficient (Wildman–Crippen LogP) is 7.00. The number of hydrogen-bond acceptors (Lipinski definition) is 8. The van der Waals surface area contributed by atoms with Gasteiger partial charge in [0.05, 0.1) is 25.5 Å². The van der Waals surface area contributed by atoms with Gasteiger partial charge in [-0.1, -0.05) is 12.1 Å². The van der Waals surface area contributed by atoms with E-state index in [9.17, 15) is 23.1 Å². The Bertz CT molecular complexity index is 1610. The second-order valence-corrected chi connectivity index (χ2v) is 11.8. The molecule has 2 heterocycles. The number of rotatable bonds is 10. The molecule has 44 heavy (non-hydrogen) atoms. The zero-order chi connectivity index (χ0) is 31.4. The van der Waals surface area contributed by atoms with Crippen molar-refractivity contribution in [3.8, 4) is 27.8 Å². The number of phenolic OH excluding ortho intramolecular Hbond substituents is 1. The maximum absolute atomic E-state index is 13.1. The van der Waals surface area contributed by atoms with E-state index in [0.29, 0.717) is 46.2 Å². The number of hydrogen-bond donors (Lipinski definition) is 1. The van der Waals surface area contributed by atoms with Crippen molar-refractivity contribution in [3.05, 3.63) is 87.9 Å². The average Bonchev–Trinajstić information content (AvgIpc) is 3.43. The fourth-order valence-electron chi connectivity index (χ4n) is 5.23. The highest BCUT2D eigenvalue weighted by Crippen LogP contribution is 2.35. The van der Waals surface area contributed by atoms with Gasteiger partial charge in [-0.2, -0.15) is 13.2 Å². The van der Waals surface area contributed by atoms with Crippen LogP contribution in [0.5, 0.6) is 17.2 Å². The van der Waals surface area contributed by atoms with Gasteiger partial charge >= 0.3 is 6.18 Å². The molecule has 0 bridgehead atoms. The molecule has 4 aromatic rings. The highest BCUT2D eigenvalue weighted by atomic mass is 32.1. The van der Waals surface area contributed by atoms with Crippen molar-refractivity contribution >= 4 is 22.8 Å². The van der Waals surface area contributed by atoms with E-state index in [4.69, 9.17) is 14.5 Å². The molecule has 1 aliphatic rings. The number of nitrogens with zero attached hydrogens (tertiary/aromatic N) is 3. The number of piperazine rings is 1. The van der Waals surface area contributed by atoms with Crippen molar-refractivity contribution in [1.29, 1.82) is 0 Å². The minimum absolute atomic E-state index is 0.0490. The van der Waals surface area contributed by atoms with Crippen molar-refractivity contribution in [2.75, 3.05) is 45.3 Å². The Balaban J connectivity index is 1.32. The number of aromatic hydroxyl groups is 1. The van der Waals surface area contributed by atoms with Crippen LogP contribution in [0.1, 0.15) is 38.5 Å². The molecule has 0 atom stereocenters. The number of alkyl halides is 3. The summed E-state index contributed by atoms with van der Waals surface area (Å²) in [5, 5.41) is 10.5. The van der Waals surface area contributed by atoms with Crippen LogP contribution in [0.2, 0.25) is 0 Å². The SMILES string of the molecule is COc1ccc(N2CCN(Cc3nc(-c4ccc(C(F)(F)F)cc4)sc3CCC(=O)c3ccc(O)c(C)c3)CC2)cc1OC. The van der Waals surface area contributed by atoms with Crippen molar-refractivity contribution in [2.24, 2.45) is 0 Å². The Morgan fingerprint density at radius 2 is 1.66 bits per heavy atom. The average molecular weight is 626 g/mol. The summed E-state index contributed by atoms with van der Waals surface area (Å²) in [5.74, 6) is 1.44. The molecule has 0 aliphatic carbocycles. The van der Waals surface area contributed by atoms with Crippen LogP contribution in [0.15, 0.2) is 60.7 Å². The first-order valence-corrected chi connectivity index (χ1v) is 15.1. The van der Waals surface area contributed by atoms with E-state index in [-0.39, 0.29) is 18.0 Å². The summed E-state index contributed by atoms with van der Waals surface area (Å²) in [6, 6.07) is 15.7. The molecule has 1 aliphatic heterocycles. The number of carbonyl (C=O) groups excluding carboxylic acids is 1. The molecule has 0 amide bonds. The molecule has 11 heteroatoms. The standard InChI is InChI=1S/C33H34F3N3O4S/c1-21-18-23(6-10-27(21)40)28(41)11-13-31-26(37-32(44-31)22-4-7-24(8-5-22)33(34,35)36)20-38-14-16-39(17-15-38)25-9-12-29(42-2)30(19-25)43-3/h4-10,12,18-19,40H,11,13-17,20H2,1-3H3. The predicted molar refractivity (Wildman–Crippen MR) is 165 cm³/mol. The van der Waals surface area contributed by atoms with Crippen molar-refractivity contribution in [1.82, 2.24) is 9.88 Å². The number of aromatic nitrogens is 1. The number of Topliss-reactive ketones (excluding diaryl/α,β-unsaturated/α-hetero) is 1. The van der Waals surface area contributed by atoms with E-state index in [0.717, 1.165) is 54.6 Å². The van der Waals surface area contributed by atoms with Gasteiger partial charge in [0.1, 0.15) is 10.8 Å². The van der Waals surface area contributed by atoms with Crippen LogP contribution >= 0.6 is 11.3 Å². The molecule has 5 rings (SSSR count). The first-order chi connectivity index (χ1) is 21.0. The minimum atomic E-state index is -4.41. The zero-order valence-electron chi connectivity index (χ0n) is 24.8. The lowest BCUT2D eigenvalue weighted by molar-refractivity contribution is -0.137. The summed E-state index contributed by atoms with van der Waals surface area (Å²) in [5.41, 5.74) is 2.93. The Hall–Kier alpha value is -4.09. The lowest BCUT2D eigenvalue weighted by Crippen LogP contribution is -2.46. The van der Waals surface area contributed by atoms with Gasteiger partial charge in [-0.3, -0.25) is 9.69 Å². The van der Waals surface area contributed by atoms with E-state index >= 15 is 0 Å². The summed E-state index contributed by atoms with van der Waals surface area (Å²) >= 11 is 1.41. The van der Waals surface area contributed by atoms with Gasteiger partial charge in [-0.05, 0) is 61.4 Å². The second-order valence-electron chi connectivity index (χ2n) is 10.7. The normalized spacial score (nSPS) is 14.1. The molecule has 7 nitrogen and oxygen atoms in total. The van der Waals surface area contributed by atoms with Crippen LogP contribution in [0, 0.1) is 6.92 Å². The molecule has 1 aromatic heterocycles. The number of methoxy groups -OCH3 is 2. The number of carbonyl (C=O) groups is 1. The fraction of sp³-hybridized carbons (Fsp3) is 0.333. The smallest absolute Gasteiger partial charge is 0.416 e. The lowest BCUT2D eigenvalue weighted by Gasteiger charge is -2.36. The fourth-order valence-corrected chi connectivity index (χ4v) is 6.30. The van der Waals surface area contributed by atoms with Crippen LogP contribution in [-0.2, 0) is 19.1 Å². The quantitative estimate of drug-likeness (QED) is 0.190. The Morgan fingerprint density at radius 3 is 2.30 bits per heavy atom. The van der Waals surface area contributed by atoms with Gasteiger partial charge in [0.15, 0.2) is 17.3 Å². The van der Waals surface area contributed by atoms with Gasteiger partial charge in [0, 0.05) is 66.9 Å². The molecule has 0 radical (unpaired) electrons. The van der Waals surface area contributed by atoms with E-state index in [1.807, 2.05) is 18.2 Å². The van der Waals surface area contributed by atoms with Gasteiger partial charge in [0.2, 0.25) is 0 Å². The van der Waals surface area contributed by atoms with E-state index in [1.165, 1.54) is 29.5 Å². The summed E-state index contributed by atoms with van der Waals surface area (Å²) in [6.45, 7) is 5.46.